The predicted molar refractivity (Wildman–Crippen MR) is 64.6 cm³/mol. The van der Waals surface area contributed by atoms with Crippen molar-refractivity contribution in [2.45, 2.75) is 32.7 Å². The van der Waals surface area contributed by atoms with Crippen molar-refractivity contribution in [2.24, 2.45) is 5.73 Å². The molecule has 0 bridgehead atoms. The van der Waals surface area contributed by atoms with Crippen LogP contribution in [0.25, 0.3) is 0 Å². The maximum absolute atomic E-state index is 6.20. The van der Waals surface area contributed by atoms with E-state index in [-0.39, 0.29) is 5.54 Å². The van der Waals surface area contributed by atoms with E-state index in [4.69, 9.17) is 22.1 Å². The fourth-order valence-electron chi connectivity index (χ4n) is 1.62. The molecule has 2 nitrogen and oxygen atoms in total. The summed E-state index contributed by atoms with van der Waals surface area (Å²) in [6.45, 7) is 6.10. The molecule has 1 unspecified atom stereocenters. The highest BCUT2D eigenvalue weighted by Crippen LogP contribution is 2.33. The average Bonchev–Trinajstić information content (AvgIpc) is 2.20. The van der Waals surface area contributed by atoms with Gasteiger partial charge in [-0.25, -0.2) is 0 Å². The zero-order valence-corrected chi connectivity index (χ0v) is 10.5. The van der Waals surface area contributed by atoms with Crippen molar-refractivity contribution >= 4 is 11.6 Å². The van der Waals surface area contributed by atoms with E-state index in [0.29, 0.717) is 10.8 Å². The van der Waals surface area contributed by atoms with Crippen molar-refractivity contribution in [3.63, 3.8) is 0 Å². The van der Waals surface area contributed by atoms with Gasteiger partial charge in [0.1, 0.15) is 5.75 Å². The minimum absolute atomic E-state index is 0.333. The smallest absolute Gasteiger partial charge is 0.137 e. The second-order valence-corrected chi connectivity index (χ2v) is 4.48. The van der Waals surface area contributed by atoms with E-state index >= 15 is 0 Å². The molecule has 84 valence electrons. The summed E-state index contributed by atoms with van der Waals surface area (Å²) >= 11 is 6.08. The SMILES string of the molecule is CCC(C)(N)c1cc(Cl)c(OC)cc1C. The van der Waals surface area contributed by atoms with E-state index in [9.17, 15) is 0 Å². The van der Waals surface area contributed by atoms with Gasteiger partial charge in [0.15, 0.2) is 0 Å². The first-order chi connectivity index (χ1) is 6.92. The van der Waals surface area contributed by atoms with Gasteiger partial charge in [0.05, 0.1) is 12.1 Å². The van der Waals surface area contributed by atoms with E-state index < -0.39 is 0 Å². The number of benzene rings is 1. The molecule has 1 atom stereocenters. The van der Waals surface area contributed by atoms with Gasteiger partial charge < -0.3 is 10.5 Å². The van der Waals surface area contributed by atoms with Crippen molar-refractivity contribution < 1.29 is 4.74 Å². The zero-order chi connectivity index (χ0) is 11.6. The third-order valence-corrected chi connectivity index (χ3v) is 3.14. The van der Waals surface area contributed by atoms with E-state index in [1.807, 2.05) is 26.0 Å². The number of halogens is 1. The van der Waals surface area contributed by atoms with E-state index in [2.05, 4.69) is 6.92 Å². The van der Waals surface area contributed by atoms with Gasteiger partial charge in [-0.3, -0.25) is 0 Å². The predicted octanol–water partition coefficient (Wildman–Crippen LogP) is 3.24. The quantitative estimate of drug-likeness (QED) is 0.861. The van der Waals surface area contributed by atoms with Gasteiger partial charge in [-0.1, -0.05) is 18.5 Å². The third-order valence-electron chi connectivity index (χ3n) is 2.85. The first-order valence-electron chi connectivity index (χ1n) is 5.06. The van der Waals surface area contributed by atoms with Gasteiger partial charge in [0.2, 0.25) is 0 Å². The first-order valence-corrected chi connectivity index (χ1v) is 5.43. The van der Waals surface area contributed by atoms with Crippen LogP contribution in [-0.4, -0.2) is 7.11 Å². The Morgan fingerprint density at radius 3 is 2.53 bits per heavy atom. The summed E-state index contributed by atoms with van der Waals surface area (Å²) < 4.78 is 5.15. The molecule has 15 heavy (non-hydrogen) atoms. The summed E-state index contributed by atoms with van der Waals surface area (Å²) in [7, 11) is 1.61. The Hall–Kier alpha value is -0.730. The van der Waals surface area contributed by atoms with E-state index in [0.717, 1.165) is 17.5 Å². The van der Waals surface area contributed by atoms with Crippen LogP contribution in [-0.2, 0) is 5.54 Å². The summed E-state index contributed by atoms with van der Waals surface area (Å²) in [5, 5.41) is 0.614. The lowest BCUT2D eigenvalue weighted by Gasteiger charge is -2.26. The van der Waals surface area contributed by atoms with Crippen LogP contribution in [0.15, 0.2) is 12.1 Å². The molecule has 0 aromatic heterocycles. The number of rotatable bonds is 3. The lowest BCUT2D eigenvalue weighted by atomic mass is 9.87. The van der Waals surface area contributed by atoms with E-state index in [1.165, 1.54) is 0 Å². The normalized spacial score (nSPS) is 14.8. The van der Waals surface area contributed by atoms with Gasteiger partial charge >= 0.3 is 0 Å². The summed E-state index contributed by atoms with van der Waals surface area (Å²) in [4.78, 5) is 0. The number of methoxy groups -OCH3 is 1. The Labute approximate surface area is 96.4 Å². The van der Waals surface area contributed by atoms with Crippen molar-refractivity contribution in [3.05, 3.63) is 28.3 Å². The molecule has 0 fully saturated rings. The second-order valence-electron chi connectivity index (χ2n) is 4.07. The summed E-state index contributed by atoms with van der Waals surface area (Å²) in [5.74, 6) is 0.699. The molecule has 1 rings (SSSR count). The van der Waals surface area contributed by atoms with Gasteiger partial charge in [-0.05, 0) is 43.5 Å². The Morgan fingerprint density at radius 1 is 1.47 bits per heavy atom. The standard InChI is InChI=1S/C12H18ClNO/c1-5-12(3,14)9-7-10(13)11(15-4)6-8(9)2/h6-7H,5,14H2,1-4H3. The molecule has 0 amide bonds. The maximum Gasteiger partial charge on any atom is 0.137 e. The number of hydrogen-bond acceptors (Lipinski definition) is 2. The van der Waals surface area contributed by atoms with E-state index in [1.54, 1.807) is 7.11 Å². The number of aryl methyl sites for hydroxylation is 1. The lowest BCUT2D eigenvalue weighted by molar-refractivity contribution is 0.413. The Bertz CT molecular complexity index is 361. The Balaban J connectivity index is 3.28. The van der Waals surface area contributed by atoms with Crippen molar-refractivity contribution in [2.75, 3.05) is 7.11 Å². The third kappa shape index (κ3) is 2.44. The largest absolute Gasteiger partial charge is 0.495 e. The molecule has 0 saturated carbocycles. The number of nitrogens with two attached hydrogens (primary N) is 1. The van der Waals surface area contributed by atoms with Crippen LogP contribution < -0.4 is 10.5 Å². The minimum Gasteiger partial charge on any atom is -0.495 e. The lowest BCUT2D eigenvalue weighted by Crippen LogP contribution is -2.32. The second kappa shape index (κ2) is 4.42. The summed E-state index contributed by atoms with van der Waals surface area (Å²) in [5.41, 5.74) is 8.06. The molecule has 3 heteroatoms. The molecule has 2 N–H and O–H groups in total. The van der Waals surface area contributed by atoms with Crippen LogP contribution in [0, 0.1) is 6.92 Å². The van der Waals surface area contributed by atoms with Crippen LogP contribution in [0.4, 0.5) is 0 Å². The molecule has 1 aromatic rings. The Kier molecular flexibility index (Phi) is 3.63. The van der Waals surface area contributed by atoms with Crippen LogP contribution in [0.3, 0.4) is 0 Å². The van der Waals surface area contributed by atoms with Crippen LogP contribution >= 0.6 is 11.6 Å². The van der Waals surface area contributed by atoms with Crippen LogP contribution in [0.1, 0.15) is 31.4 Å². The summed E-state index contributed by atoms with van der Waals surface area (Å²) in [6.07, 6.45) is 0.872. The zero-order valence-electron chi connectivity index (χ0n) is 9.73. The molecule has 0 heterocycles. The molecule has 1 aromatic carbocycles. The van der Waals surface area contributed by atoms with Gasteiger partial charge in [-0.15, -0.1) is 0 Å². The summed E-state index contributed by atoms with van der Waals surface area (Å²) in [6, 6.07) is 3.83. The fraction of sp³-hybridized carbons (Fsp3) is 0.500. The molecular formula is C12H18ClNO. The fourth-order valence-corrected chi connectivity index (χ4v) is 1.86. The highest BCUT2D eigenvalue weighted by molar-refractivity contribution is 6.32. The van der Waals surface area contributed by atoms with Crippen molar-refractivity contribution in [1.82, 2.24) is 0 Å². The highest BCUT2D eigenvalue weighted by Gasteiger charge is 2.22. The monoisotopic (exact) mass is 227 g/mol. The first kappa shape index (κ1) is 12.3. The molecule has 0 aliphatic rings. The minimum atomic E-state index is -0.333. The topological polar surface area (TPSA) is 35.2 Å². The van der Waals surface area contributed by atoms with Crippen LogP contribution in [0.2, 0.25) is 5.02 Å². The van der Waals surface area contributed by atoms with Crippen molar-refractivity contribution in [3.8, 4) is 5.75 Å². The van der Waals surface area contributed by atoms with Gasteiger partial charge in [-0.2, -0.15) is 0 Å². The highest BCUT2D eigenvalue weighted by atomic mass is 35.5. The van der Waals surface area contributed by atoms with Crippen molar-refractivity contribution in [1.29, 1.82) is 0 Å². The number of hydrogen-bond donors (Lipinski definition) is 1. The molecule has 0 radical (unpaired) electrons. The molecule has 0 aliphatic carbocycles. The molecule has 0 spiro atoms. The van der Waals surface area contributed by atoms with Gasteiger partial charge in [0.25, 0.3) is 0 Å². The average molecular weight is 228 g/mol. The Morgan fingerprint density at radius 2 is 2.07 bits per heavy atom. The number of ether oxygens (including phenoxy) is 1. The van der Waals surface area contributed by atoms with Gasteiger partial charge in [0, 0.05) is 5.54 Å². The molecule has 0 aliphatic heterocycles. The molecular weight excluding hydrogens is 210 g/mol. The van der Waals surface area contributed by atoms with Crippen LogP contribution in [0.5, 0.6) is 5.75 Å². The molecule has 0 saturated heterocycles. The maximum atomic E-state index is 6.20.